The highest BCUT2D eigenvalue weighted by atomic mass is 32.2. The minimum Gasteiger partial charge on any atom is -0.340 e. The zero-order valence-electron chi connectivity index (χ0n) is 9.25. The highest BCUT2D eigenvalue weighted by Gasteiger charge is 2.26. The van der Waals surface area contributed by atoms with Crippen molar-refractivity contribution in [2.45, 2.75) is 38.0 Å². The van der Waals surface area contributed by atoms with E-state index in [0.29, 0.717) is 4.75 Å². The molecule has 0 saturated carbocycles. The number of hydrogen-bond acceptors (Lipinski definition) is 3. The molecule has 1 unspecified atom stereocenters. The van der Waals surface area contributed by atoms with Crippen molar-refractivity contribution in [3.05, 3.63) is 0 Å². The molecule has 0 radical (unpaired) electrons. The van der Waals surface area contributed by atoms with Gasteiger partial charge in [-0.3, -0.25) is 4.79 Å². The van der Waals surface area contributed by atoms with E-state index in [9.17, 15) is 4.79 Å². The molecule has 0 aromatic rings. The summed E-state index contributed by atoms with van der Waals surface area (Å²) in [5.41, 5.74) is 5.59. The Morgan fingerprint density at radius 1 is 1.50 bits per heavy atom. The zero-order chi connectivity index (χ0) is 10.8. The third-order valence-electron chi connectivity index (χ3n) is 2.54. The summed E-state index contributed by atoms with van der Waals surface area (Å²) in [6.45, 7) is 7.91. The largest absolute Gasteiger partial charge is 0.340 e. The molecule has 0 bridgehead atoms. The maximum atomic E-state index is 11.7. The van der Waals surface area contributed by atoms with Crippen LogP contribution in [-0.4, -0.2) is 40.4 Å². The molecule has 3 nitrogen and oxygen atoms in total. The van der Waals surface area contributed by atoms with Crippen LogP contribution in [-0.2, 0) is 4.79 Å². The maximum Gasteiger partial charge on any atom is 0.239 e. The fourth-order valence-corrected chi connectivity index (χ4v) is 2.63. The van der Waals surface area contributed by atoms with Gasteiger partial charge >= 0.3 is 0 Å². The number of nitrogens with zero attached hydrogens (tertiary/aromatic N) is 1. The van der Waals surface area contributed by atoms with Gasteiger partial charge in [0.1, 0.15) is 0 Å². The number of amides is 1. The lowest BCUT2D eigenvalue weighted by molar-refractivity contribution is -0.131. The van der Waals surface area contributed by atoms with Gasteiger partial charge < -0.3 is 10.6 Å². The summed E-state index contributed by atoms with van der Waals surface area (Å²) in [6, 6.07) is -0.360. The van der Waals surface area contributed by atoms with Gasteiger partial charge in [0.15, 0.2) is 0 Å². The molecule has 14 heavy (non-hydrogen) atoms. The number of thioether (sulfide) groups is 1. The Morgan fingerprint density at radius 2 is 2.14 bits per heavy atom. The van der Waals surface area contributed by atoms with Crippen LogP contribution < -0.4 is 5.73 Å². The second-order valence-corrected chi connectivity index (χ2v) is 6.27. The van der Waals surface area contributed by atoms with Gasteiger partial charge in [0.25, 0.3) is 0 Å². The predicted octanol–water partition coefficient (Wildman–Crippen LogP) is 1.08. The molecule has 0 aliphatic carbocycles. The van der Waals surface area contributed by atoms with Crippen LogP contribution in [0.1, 0.15) is 27.2 Å². The lowest BCUT2D eigenvalue weighted by atomic mass is 10.1. The second-order valence-electron chi connectivity index (χ2n) is 4.47. The van der Waals surface area contributed by atoms with Gasteiger partial charge in [0.05, 0.1) is 6.04 Å². The summed E-state index contributed by atoms with van der Waals surface area (Å²) >= 11 is 1.94. The van der Waals surface area contributed by atoms with Crippen molar-refractivity contribution in [1.82, 2.24) is 4.90 Å². The highest BCUT2D eigenvalue weighted by Crippen LogP contribution is 2.30. The average Bonchev–Trinajstić information content (AvgIpc) is 2.25. The van der Waals surface area contributed by atoms with E-state index >= 15 is 0 Å². The first-order valence-electron chi connectivity index (χ1n) is 5.11. The number of hydrogen-bond donors (Lipinski definition) is 1. The fourth-order valence-electron chi connectivity index (χ4n) is 1.53. The Bertz CT molecular complexity index is 216. The van der Waals surface area contributed by atoms with Crippen LogP contribution in [0.25, 0.3) is 0 Å². The van der Waals surface area contributed by atoms with Crippen molar-refractivity contribution < 1.29 is 4.79 Å². The molecule has 82 valence electrons. The molecular weight excluding hydrogens is 196 g/mol. The van der Waals surface area contributed by atoms with E-state index in [1.165, 1.54) is 0 Å². The van der Waals surface area contributed by atoms with Crippen molar-refractivity contribution in [3.8, 4) is 0 Å². The first-order chi connectivity index (χ1) is 6.42. The van der Waals surface area contributed by atoms with Crippen LogP contribution in [0.2, 0.25) is 0 Å². The van der Waals surface area contributed by atoms with E-state index in [2.05, 4.69) is 13.8 Å². The quantitative estimate of drug-likeness (QED) is 0.713. The minimum atomic E-state index is -0.360. The van der Waals surface area contributed by atoms with E-state index in [1.54, 1.807) is 6.92 Å². The van der Waals surface area contributed by atoms with Gasteiger partial charge in [-0.05, 0) is 13.3 Å². The Labute approximate surface area is 90.4 Å². The third-order valence-corrected chi connectivity index (χ3v) is 3.91. The summed E-state index contributed by atoms with van der Waals surface area (Å²) in [6.07, 6.45) is 1.05. The number of nitrogens with two attached hydrogens (primary N) is 1. The summed E-state index contributed by atoms with van der Waals surface area (Å²) < 4.78 is 0.298. The third kappa shape index (κ3) is 3.17. The van der Waals surface area contributed by atoms with Gasteiger partial charge in [0, 0.05) is 23.6 Å². The van der Waals surface area contributed by atoms with Gasteiger partial charge in [-0.1, -0.05) is 13.8 Å². The summed E-state index contributed by atoms with van der Waals surface area (Å²) in [5, 5.41) is 0. The number of rotatable bonds is 1. The standard InChI is InChI=1S/C10H20N2OS/c1-8(11)9(13)12-5-4-10(2,3)14-7-6-12/h8H,4-7,11H2,1-3H3. The molecule has 0 aromatic heterocycles. The second kappa shape index (κ2) is 4.53. The van der Waals surface area contributed by atoms with Gasteiger partial charge in [-0.15, -0.1) is 0 Å². The smallest absolute Gasteiger partial charge is 0.239 e. The molecule has 0 aromatic carbocycles. The van der Waals surface area contributed by atoms with Crippen LogP contribution in [0.3, 0.4) is 0 Å². The Morgan fingerprint density at radius 3 is 2.71 bits per heavy atom. The van der Waals surface area contributed by atoms with E-state index in [1.807, 2.05) is 16.7 Å². The molecule has 1 rings (SSSR count). The molecule has 1 saturated heterocycles. The lowest BCUT2D eigenvalue weighted by Gasteiger charge is -2.23. The molecule has 1 aliphatic heterocycles. The van der Waals surface area contributed by atoms with Gasteiger partial charge in [0.2, 0.25) is 5.91 Å². The normalized spacial score (nSPS) is 24.1. The molecule has 4 heteroatoms. The molecule has 2 N–H and O–H groups in total. The van der Waals surface area contributed by atoms with Crippen LogP contribution >= 0.6 is 11.8 Å². The molecule has 1 heterocycles. The van der Waals surface area contributed by atoms with Crippen molar-refractivity contribution in [3.63, 3.8) is 0 Å². The van der Waals surface area contributed by atoms with Crippen LogP contribution in [0.15, 0.2) is 0 Å². The summed E-state index contributed by atoms with van der Waals surface area (Å²) in [7, 11) is 0. The van der Waals surface area contributed by atoms with Crippen LogP contribution in [0.4, 0.5) is 0 Å². The highest BCUT2D eigenvalue weighted by molar-refractivity contribution is 8.00. The molecule has 1 aliphatic rings. The Kier molecular flexibility index (Phi) is 3.84. The first kappa shape index (κ1) is 11.9. The van der Waals surface area contributed by atoms with Crippen LogP contribution in [0.5, 0.6) is 0 Å². The van der Waals surface area contributed by atoms with Gasteiger partial charge in [-0.2, -0.15) is 11.8 Å². The monoisotopic (exact) mass is 216 g/mol. The Balaban J connectivity index is 2.54. The first-order valence-corrected chi connectivity index (χ1v) is 6.09. The van der Waals surface area contributed by atoms with E-state index in [0.717, 1.165) is 25.3 Å². The van der Waals surface area contributed by atoms with E-state index in [-0.39, 0.29) is 11.9 Å². The van der Waals surface area contributed by atoms with Crippen molar-refractivity contribution >= 4 is 17.7 Å². The minimum absolute atomic E-state index is 0.0864. The topological polar surface area (TPSA) is 46.3 Å². The van der Waals surface area contributed by atoms with Gasteiger partial charge in [-0.25, -0.2) is 0 Å². The van der Waals surface area contributed by atoms with E-state index < -0.39 is 0 Å². The number of carbonyl (C=O) groups is 1. The maximum absolute atomic E-state index is 11.7. The van der Waals surface area contributed by atoms with Crippen molar-refractivity contribution in [2.75, 3.05) is 18.8 Å². The molecule has 1 amide bonds. The van der Waals surface area contributed by atoms with Crippen LogP contribution in [0, 0.1) is 0 Å². The van der Waals surface area contributed by atoms with E-state index in [4.69, 9.17) is 5.73 Å². The Hall–Kier alpha value is -0.220. The fraction of sp³-hybridized carbons (Fsp3) is 0.900. The molecule has 0 spiro atoms. The SMILES string of the molecule is CC(N)C(=O)N1CCSC(C)(C)CC1. The lowest BCUT2D eigenvalue weighted by Crippen LogP contribution is -2.43. The van der Waals surface area contributed by atoms with Crippen molar-refractivity contribution in [1.29, 1.82) is 0 Å². The molecule has 1 fully saturated rings. The zero-order valence-corrected chi connectivity index (χ0v) is 10.1. The summed E-state index contributed by atoms with van der Waals surface area (Å²) in [5.74, 6) is 1.11. The predicted molar refractivity (Wildman–Crippen MR) is 61.4 cm³/mol. The average molecular weight is 216 g/mol. The number of carbonyl (C=O) groups excluding carboxylic acids is 1. The summed E-state index contributed by atoms with van der Waals surface area (Å²) in [4.78, 5) is 13.5. The molecule has 1 atom stereocenters. The van der Waals surface area contributed by atoms with Crippen molar-refractivity contribution in [2.24, 2.45) is 5.73 Å². The molecular formula is C10H20N2OS.